The molecule has 1 amide bonds. The zero-order valence-electron chi connectivity index (χ0n) is 17.7. The predicted octanol–water partition coefficient (Wildman–Crippen LogP) is 2.56. The topological polar surface area (TPSA) is 128 Å². The molecule has 0 aromatic heterocycles. The van der Waals surface area contributed by atoms with Gasteiger partial charge in [0, 0.05) is 6.04 Å². The number of alkyl halides is 3. The number of halogens is 4. The van der Waals surface area contributed by atoms with Crippen LogP contribution in [0.5, 0.6) is 5.75 Å². The Morgan fingerprint density at radius 1 is 1.23 bits per heavy atom. The number of carbonyl (C=O) groups is 3. The van der Waals surface area contributed by atoms with Gasteiger partial charge in [-0.3, -0.25) is 9.59 Å². The summed E-state index contributed by atoms with van der Waals surface area (Å²) in [6, 6.07) is 4.06. The molecule has 1 aromatic carbocycles. The number of carboxylic acids is 1. The molecular weight excluding hydrogens is 445 g/mol. The van der Waals surface area contributed by atoms with Crippen molar-refractivity contribution in [3.8, 4) is 5.75 Å². The zero-order chi connectivity index (χ0) is 24.6. The molecule has 0 saturated carbocycles. The molecule has 31 heavy (non-hydrogen) atoms. The maximum absolute atomic E-state index is 12.3. The lowest BCUT2D eigenvalue weighted by molar-refractivity contribution is -0.192. The average Bonchev–Trinajstić information content (AvgIpc) is 2.66. The summed E-state index contributed by atoms with van der Waals surface area (Å²) in [4.78, 5) is 33.0. The van der Waals surface area contributed by atoms with Crippen molar-refractivity contribution in [1.29, 1.82) is 0 Å². The quantitative estimate of drug-likeness (QED) is 0.522. The highest BCUT2D eigenvalue weighted by molar-refractivity contribution is 6.32. The van der Waals surface area contributed by atoms with E-state index in [2.05, 4.69) is 5.32 Å². The van der Waals surface area contributed by atoms with Crippen LogP contribution in [-0.2, 0) is 25.5 Å². The zero-order valence-corrected chi connectivity index (χ0v) is 18.4. The second kappa shape index (κ2) is 11.8. The molecule has 0 unspecified atom stereocenters. The van der Waals surface area contributed by atoms with Crippen LogP contribution >= 0.6 is 11.6 Å². The van der Waals surface area contributed by atoms with Gasteiger partial charge in [-0.1, -0.05) is 17.7 Å². The standard InChI is InChI=1S/C17H25ClN2O4.C2HF3O2/c1-10(17(2,3)16(22)24-5)20-15(21)13(19)9-11-6-7-14(23-4)12(18)8-11;3-2(4,5)1(6)7/h6-8,10,13H,9,19H2,1-5H3,(H,20,21);(H,6,7)/t10-,13+;/m0./s1. The first kappa shape index (κ1) is 28.5. The number of carbonyl (C=O) groups excluding carboxylic acids is 2. The molecule has 1 aromatic rings. The first-order valence-electron chi connectivity index (χ1n) is 8.84. The number of aliphatic carboxylic acids is 1. The number of carboxylic acid groups (broad SMARTS) is 1. The summed E-state index contributed by atoms with van der Waals surface area (Å²) in [7, 11) is 2.85. The Bertz CT molecular complexity index is 786. The number of nitrogens with two attached hydrogens (primary N) is 1. The highest BCUT2D eigenvalue weighted by atomic mass is 35.5. The highest BCUT2D eigenvalue weighted by Crippen LogP contribution is 2.25. The Morgan fingerprint density at radius 2 is 1.74 bits per heavy atom. The maximum atomic E-state index is 12.3. The molecule has 0 aliphatic heterocycles. The van der Waals surface area contributed by atoms with Crippen LogP contribution in [0.15, 0.2) is 18.2 Å². The lowest BCUT2D eigenvalue weighted by Crippen LogP contribution is -2.52. The minimum Gasteiger partial charge on any atom is -0.495 e. The van der Waals surface area contributed by atoms with Crippen molar-refractivity contribution >= 4 is 29.4 Å². The number of esters is 1. The summed E-state index contributed by atoms with van der Waals surface area (Å²) in [5.41, 5.74) is 5.94. The van der Waals surface area contributed by atoms with Gasteiger partial charge in [0.15, 0.2) is 0 Å². The van der Waals surface area contributed by atoms with Crippen LogP contribution in [0.4, 0.5) is 13.2 Å². The SMILES string of the molecule is COC(=O)C(C)(C)[C@H](C)NC(=O)[C@H](N)Cc1ccc(OC)c(Cl)c1.O=C(O)C(F)(F)F. The van der Waals surface area contributed by atoms with Crippen molar-refractivity contribution in [1.82, 2.24) is 5.32 Å². The van der Waals surface area contributed by atoms with E-state index in [1.165, 1.54) is 14.2 Å². The normalized spacial score (nSPS) is 13.2. The van der Waals surface area contributed by atoms with Crippen LogP contribution in [0, 0.1) is 5.41 Å². The van der Waals surface area contributed by atoms with Crippen LogP contribution in [0.3, 0.4) is 0 Å². The molecule has 0 aliphatic carbocycles. The van der Waals surface area contributed by atoms with Gasteiger partial charge >= 0.3 is 18.1 Å². The van der Waals surface area contributed by atoms with Crippen LogP contribution in [0.2, 0.25) is 5.02 Å². The second-order valence-electron chi connectivity index (χ2n) is 7.03. The first-order valence-corrected chi connectivity index (χ1v) is 9.22. The summed E-state index contributed by atoms with van der Waals surface area (Å²) in [6.45, 7) is 5.16. The van der Waals surface area contributed by atoms with Gasteiger partial charge < -0.3 is 25.6 Å². The van der Waals surface area contributed by atoms with Gasteiger partial charge in [0.25, 0.3) is 0 Å². The molecule has 0 radical (unpaired) electrons. The molecule has 0 aliphatic rings. The van der Waals surface area contributed by atoms with E-state index in [1.807, 2.05) is 0 Å². The monoisotopic (exact) mass is 470 g/mol. The fraction of sp³-hybridized carbons (Fsp3) is 0.526. The van der Waals surface area contributed by atoms with Crippen LogP contribution in [-0.4, -0.2) is 55.4 Å². The van der Waals surface area contributed by atoms with E-state index in [1.54, 1.807) is 39.0 Å². The molecule has 1 rings (SSSR count). The minimum atomic E-state index is -5.08. The molecule has 0 saturated heterocycles. The number of ether oxygens (including phenoxy) is 2. The summed E-state index contributed by atoms with van der Waals surface area (Å²) in [5, 5.41) is 10.4. The van der Waals surface area contributed by atoms with Crippen molar-refractivity contribution in [3.63, 3.8) is 0 Å². The van der Waals surface area contributed by atoms with Crippen LogP contribution in [0.1, 0.15) is 26.3 Å². The Kier molecular flexibility index (Phi) is 10.8. The average molecular weight is 471 g/mol. The number of benzene rings is 1. The Labute approximate surface area is 182 Å². The second-order valence-corrected chi connectivity index (χ2v) is 7.43. The Hall–Kier alpha value is -2.53. The van der Waals surface area contributed by atoms with E-state index in [-0.39, 0.29) is 5.91 Å². The van der Waals surface area contributed by atoms with Crippen molar-refractivity contribution in [2.24, 2.45) is 11.1 Å². The molecule has 8 nitrogen and oxygen atoms in total. The van der Waals surface area contributed by atoms with Crippen LogP contribution in [0.25, 0.3) is 0 Å². The minimum absolute atomic E-state index is 0.320. The van der Waals surface area contributed by atoms with Crippen LogP contribution < -0.4 is 15.8 Å². The molecule has 0 bridgehead atoms. The van der Waals surface area contributed by atoms with Crippen molar-refractivity contribution in [3.05, 3.63) is 28.8 Å². The molecule has 4 N–H and O–H groups in total. The van der Waals surface area contributed by atoms with E-state index < -0.39 is 35.6 Å². The molecule has 12 heteroatoms. The predicted molar refractivity (Wildman–Crippen MR) is 107 cm³/mol. The van der Waals surface area contributed by atoms with Gasteiger partial charge in [0.05, 0.1) is 30.7 Å². The van der Waals surface area contributed by atoms with Gasteiger partial charge in [-0.05, 0) is 44.9 Å². The molecule has 0 heterocycles. The lowest BCUT2D eigenvalue weighted by atomic mass is 9.85. The molecule has 176 valence electrons. The van der Waals surface area contributed by atoms with E-state index in [0.717, 1.165) is 5.56 Å². The highest BCUT2D eigenvalue weighted by Gasteiger charge is 2.38. The summed E-state index contributed by atoms with van der Waals surface area (Å²) >= 11 is 6.07. The smallest absolute Gasteiger partial charge is 0.490 e. The van der Waals surface area contributed by atoms with Crippen molar-refractivity contribution in [2.75, 3.05) is 14.2 Å². The van der Waals surface area contributed by atoms with E-state index in [9.17, 15) is 22.8 Å². The molecule has 2 atom stereocenters. The van der Waals surface area contributed by atoms with E-state index >= 15 is 0 Å². The van der Waals surface area contributed by atoms with Gasteiger partial charge in [0.2, 0.25) is 5.91 Å². The number of amides is 1. The maximum Gasteiger partial charge on any atom is 0.490 e. The van der Waals surface area contributed by atoms with E-state index in [4.69, 9.17) is 36.7 Å². The Balaban J connectivity index is 0.00000110. The number of methoxy groups -OCH3 is 2. The van der Waals surface area contributed by atoms with Gasteiger partial charge in [-0.2, -0.15) is 13.2 Å². The largest absolute Gasteiger partial charge is 0.495 e. The van der Waals surface area contributed by atoms with E-state index in [0.29, 0.717) is 17.2 Å². The number of nitrogens with one attached hydrogen (secondary N) is 1. The van der Waals surface area contributed by atoms with Crippen molar-refractivity contribution < 1.29 is 42.1 Å². The molecule has 0 fully saturated rings. The fourth-order valence-corrected chi connectivity index (χ4v) is 2.40. The summed E-state index contributed by atoms with van der Waals surface area (Å²) in [5.74, 6) is -2.93. The first-order chi connectivity index (χ1) is 14.1. The van der Waals surface area contributed by atoms with Gasteiger partial charge in [0.1, 0.15) is 5.75 Å². The molecule has 0 spiro atoms. The third-order valence-corrected chi connectivity index (χ3v) is 4.70. The van der Waals surface area contributed by atoms with Gasteiger partial charge in [-0.15, -0.1) is 0 Å². The number of hydrogen-bond donors (Lipinski definition) is 3. The Morgan fingerprint density at radius 3 is 2.13 bits per heavy atom. The number of rotatable bonds is 7. The summed E-state index contributed by atoms with van der Waals surface area (Å²) < 4.78 is 41.6. The van der Waals surface area contributed by atoms with Crippen molar-refractivity contribution in [2.45, 2.75) is 45.5 Å². The lowest BCUT2D eigenvalue weighted by Gasteiger charge is -2.30. The number of hydrogen-bond acceptors (Lipinski definition) is 6. The third-order valence-electron chi connectivity index (χ3n) is 4.40. The summed E-state index contributed by atoms with van der Waals surface area (Å²) in [6.07, 6.45) is -4.76. The van der Waals surface area contributed by atoms with Gasteiger partial charge in [-0.25, -0.2) is 4.79 Å². The fourth-order valence-electron chi connectivity index (χ4n) is 2.12. The third kappa shape index (κ3) is 9.01. The molecular formula is C19H26ClF3N2O6.